The first-order chi connectivity index (χ1) is 12.1. The molecule has 0 amide bonds. The topological polar surface area (TPSA) is 44.8 Å². The first-order valence-corrected chi connectivity index (χ1v) is 9.32. The van der Waals surface area contributed by atoms with Crippen LogP contribution in [0.4, 0.5) is 0 Å². The van der Waals surface area contributed by atoms with Crippen molar-refractivity contribution in [1.29, 1.82) is 0 Å². The number of hydrogen-bond donors (Lipinski definition) is 0. The molecule has 27 heavy (non-hydrogen) atoms. The molecule has 146 valence electrons. The lowest BCUT2D eigenvalue weighted by Gasteiger charge is -2.32. The Morgan fingerprint density at radius 1 is 1.00 bits per heavy atom. The highest BCUT2D eigenvalue weighted by molar-refractivity contribution is 6.63. The van der Waals surface area contributed by atoms with Gasteiger partial charge in [0, 0.05) is 5.56 Å². The van der Waals surface area contributed by atoms with E-state index >= 15 is 0 Å². The minimum atomic E-state index is -0.596. The Kier molecular flexibility index (Phi) is 5.33. The van der Waals surface area contributed by atoms with Crippen LogP contribution in [0.2, 0.25) is 0 Å². The van der Waals surface area contributed by atoms with Crippen LogP contribution in [0.15, 0.2) is 0 Å². The Balaban J connectivity index is 2.69. The normalized spacial score (nSPS) is 18.3. The second-order valence-corrected chi connectivity index (χ2v) is 9.27. The maximum Gasteiger partial charge on any atom is 0.495 e. The van der Waals surface area contributed by atoms with Crippen LogP contribution in [0.1, 0.15) is 81.1 Å². The van der Waals surface area contributed by atoms with Gasteiger partial charge in [-0.05, 0) is 91.4 Å². The lowest BCUT2D eigenvalue weighted by Crippen LogP contribution is -2.41. The number of carbonyl (C=O) groups excluding carboxylic acids is 1. The average Bonchev–Trinajstić information content (AvgIpc) is 2.65. The molecule has 1 heterocycles. The number of terminal acetylenes is 1. The van der Waals surface area contributed by atoms with Crippen molar-refractivity contribution in [1.82, 2.24) is 0 Å². The first kappa shape index (κ1) is 21.5. The van der Waals surface area contributed by atoms with Crippen molar-refractivity contribution in [3.8, 4) is 12.3 Å². The van der Waals surface area contributed by atoms with Gasteiger partial charge >= 0.3 is 13.1 Å². The molecule has 2 rings (SSSR count). The maximum absolute atomic E-state index is 12.9. The molecule has 1 aromatic rings. The van der Waals surface area contributed by atoms with E-state index in [1.54, 1.807) is 0 Å². The average molecular weight is 370 g/mol. The van der Waals surface area contributed by atoms with Crippen LogP contribution in [0.25, 0.3) is 0 Å². The Labute approximate surface area is 164 Å². The van der Waals surface area contributed by atoms with Gasteiger partial charge in [0.15, 0.2) is 0 Å². The van der Waals surface area contributed by atoms with E-state index in [1.165, 1.54) is 0 Å². The van der Waals surface area contributed by atoms with Gasteiger partial charge in [0.2, 0.25) is 0 Å². The molecule has 1 saturated heterocycles. The maximum atomic E-state index is 12.9. The Morgan fingerprint density at radius 2 is 1.48 bits per heavy atom. The minimum absolute atomic E-state index is 0.383. The molecule has 1 fully saturated rings. The van der Waals surface area contributed by atoms with Crippen molar-refractivity contribution >= 4 is 18.6 Å². The molecule has 1 aliphatic heterocycles. The quantitative estimate of drug-likeness (QED) is 0.451. The van der Waals surface area contributed by atoms with Crippen molar-refractivity contribution in [3.05, 3.63) is 27.8 Å². The third-order valence-corrected chi connectivity index (χ3v) is 5.54. The Hall–Kier alpha value is -1.77. The highest BCUT2D eigenvalue weighted by Crippen LogP contribution is 2.37. The number of esters is 1. The lowest BCUT2D eigenvalue weighted by molar-refractivity contribution is 0.00578. The van der Waals surface area contributed by atoms with E-state index < -0.39 is 23.9 Å². The molecule has 0 atom stereocenters. The van der Waals surface area contributed by atoms with Gasteiger partial charge in [-0.25, -0.2) is 4.79 Å². The Morgan fingerprint density at radius 3 is 1.89 bits per heavy atom. The van der Waals surface area contributed by atoms with Gasteiger partial charge in [-0.2, -0.15) is 0 Å². The molecule has 0 N–H and O–H groups in total. The second-order valence-electron chi connectivity index (χ2n) is 9.27. The van der Waals surface area contributed by atoms with Crippen LogP contribution in [-0.2, 0) is 14.0 Å². The highest BCUT2D eigenvalue weighted by atomic mass is 16.7. The summed E-state index contributed by atoms with van der Waals surface area (Å²) in [6.07, 6.45) is 5.79. The summed E-state index contributed by atoms with van der Waals surface area (Å²) in [5.41, 5.74) is 2.87. The predicted molar refractivity (Wildman–Crippen MR) is 109 cm³/mol. The molecule has 0 saturated carbocycles. The van der Waals surface area contributed by atoms with Gasteiger partial charge in [0.1, 0.15) is 5.60 Å². The number of carbonyl (C=O) groups is 1. The van der Waals surface area contributed by atoms with Crippen LogP contribution in [0.3, 0.4) is 0 Å². The smallest absolute Gasteiger partial charge is 0.456 e. The lowest BCUT2D eigenvalue weighted by atomic mass is 9.70. The minimum Gasteiger partial charge on any atom is -0.456 e. The highest BCUT2D eigenvalue weighted by Gasteiger charge is 2.53. The fraction of sp³-hybridized carbons (Fsp3) is 0.591. The molecule has 1 aliphatic rings. The summed E-state index contributed by atoms with van der Waals surface area (Å²) in [7, 11) is -0.594. The van der Waals surface area contributed by atoms with E-state index in [0.717, 1.165) is 22.2 Å². The van der Waals surface area contributed by atoms with Gasteiger partial charge < -0.3 is 14.0 Å². The molecule has 0 aliphatic carbocycles. The first-order valence-electron chi connectivity index (χ1n) is 9.32. The molecule has 0 radical (unpaired) electrons. The summed E-state index contributed by atoms with van der Waals surface area (Å²) in [4.78, 5) is 12.9. The van der Waals surface area contributed by atoms with Crippen LogP contribution < -0.4 is 5.46 Å². The van der Waals surface area contributed by atoms with Crippen molar-refractivity contribution in [2.75, 3.05) is 0 Å². The fourth-order valence-corrected chi connectivity index (χ4v) is 3.40. The van der Waals surface area contributed by atoms with Gasteiger partial charge in [0.25, 0.3) is 0 Å². The number of rotatable bonds is 2. The molecule has 0 unspecified atom stereocenters. The standard InChI is InChI=1S/C22H31BO4/c1-12-16-13(2)17(19(24)25-20(5,6)7)15(4)18(14(16)3)23-26-21(8,9)22(10,11)27-23/h1H,2-11H3. The molecule has 0 bridgehead atoms. The molecule has 0 aromatic heterocycles. The van der Waals surface area contributed by atoms with E-state index in [9.17, 15) is 4.79 Å². The zero-order chi connectivity index (χ0) is 20.9. The van der Waals surface area contributed by atoms with E-state index in [-0.39, 0.29) is 5.97 Å². The fourth-order valence-electron chi connectivity index (χ4n) is 3.40. The second kappa shape index (κ2) is 6.69. The largest absolute Gasteiger partial charge is 0.495 e. The summed E-state index contributed by atoms with van der Waals surface area (Å²) in [5, 5.41) is 0. The summed E-state index contributed by atoms with van der Waals surface area (Å²) in [6, 6.07) is 0. The monoisotopic (exact) mass is 370 g/mol. The van der Waals surface area contributed by atoms with Gasteiger partial charge in [-0.3, -0.25) is 0 Å². The van der Waals surface area contributed by atoms with Crippen molar-refractivity contribution in [3.63, 3.8) is 0 Å². The predicted octanol–water partition coefficient (Wildman–Crippen LogP) is 3.85. The van der Waals surface area contributed by atoms with Crippen LogP contribution in [0.5, 0.6) is 0 Å². The third-order valence-electron chi connectivity index (χ3n) is 5.54. The van der Waals surface area contributed by atoms with E-state index in [0.29, 0.717) is 11.1 Å². The molecule has 5 heteroatoms. The van der Waals surface area contributed by atoms with Crippen molar-refractivity contribution in [2.24, 2.45) is 0 Å². The molecular formula is C22H31BO4. The summed E-state index contributed by atoms with van der Waals surface area (Å²) < 4.78 is 18.1. The SMILES string of the molecule is C#Cc1c(C)c(B2OC(C)(C)C(C)(C)O2)c(C)c(C(=O)OC(C)(C)C)c1C. The summed E-state index contributed by atoms with van der Waals surface area (Å²) >= 11 is 0. The van der Waals surface area contributed by atoms with Crippen LogP contribution >= 0.6 is 0 Å². The van der Waals surface area contributed by atoms with Gasteiger partial charge in [0.05, 0.1) is 16.8 Å². The number of hydrogen-bond acceptors (Lipinski definition) is 4. The zero-order valence-electron chi connectivity index (χ0n) is 18.3. The van der Waals surface area contributed by atoms with E-state index in [2.05, 4.69) is 5.92 Å². The van der Waals surface area contributed by atoms with Crippen LogP contribution in [-0.4, -0.2) is 29.9 Å². The zero-order valence-corrected chi connectivity index (χ0v) is 18.3. The van der Waals surface area contributed by atoms with E-state index in [4.69, 9.17) is 20.5 Å². The summed E-state index contributed by atoms with van der Waals surface area (Å²) in [5.74, 6) is 2.35. The molecule has 0 spiro atoms. The van der Waals surface area contributed by atoms with Crippen molar-refractivity contribution < 1.29 is 18.8 Å². The summed E-state index contributed by atoms with van der Waals surface area (Å²) in [6.45, 7) is 19.3. The van der Waals surface area contributed by atoms with Gasteiger partial charge in [-0.1, -0.05) is 5.92 Å². The van der Waals surface area contributed by atoms with Crippen molar-refractivity contribution in [2.45, 2.75) is 86.0 Å². The van der Waals surface area contributed by atoms with Crippen LogP contribution in [0, 0.1) is 33.1 Å². The van der Waals surface area contributed by atoms with Gasteiger partial charge in [-0.15, -0.1) is 6.42 Å². The molecular weight excluding hydrogens is 339 g/mol. The Bertz CT molecular complexity index is 806. The molecule has 1 aromatic carbocycles. The number of benzene rings is 1. The number of ether oxygens (including phenoxy) is 1. The molecule has 4 nitrogen and oxygen atoms in total. The third kappa shape index (κ3) is 3.79. The van der Waals surface area contributed by atoms with E-state index in [1.807, 2.05) is 69.2 Å².